The second kappa shape index (κ2) is 7.10. The van der Waals surface area contributed by atoms with Crippen LogP contribution in [0.3, 0.4) is 0 Å². The summed E-state index contributed by atoms with van der Waals surface area (Å²) in [5, 5.41) is 0. The van der Waals surface area contributed by atoms with Crippen molar-refractivity contribution in [1.29, 1.82) is 0 Å². The van der Waals surface area contributed by atoms with Gasteiger partial charge < -0.3 is 10.6 Å². The zero-order chi connectivity index (χ0) is 13.3. The molecule has 0 bridgehead atoms. The molecule has 0 spiro atoms. The SMILES string of the molecule is Cl.Cl.N[C@@H]1CCN(C(=O)c2ccc(C(F)(F)F)cn2)C1. The first kappa shape index (κ1) is 18.9. The van der Waals surface area contributed by atoms with Crippen LogP contribution in [-0.4, -0.2) is 34.9 Å². The molecule has 2 rings (SSSR count). The molecule has 0 aromatic carbocycles. The van der Waals surface area contributed by atoms with E-state index in [0.29, 0.717) is 25.7 Å². The molecule has 1 aliphatic rings. The normalized spacial score (nSPS) is 18.2. The first-order valence-corrected chi connectivity index (χ1v) is 5.46. The molecule has 0 radical (unpaired) electrons. The Hall–Kier alpha value is -1.05. The molecule has 1 atom stereocenters. The summed E-state index contributed by atoms with van der Waals surface area (Å²) in [6.45, 7) is 0.935. The summed E-state index contributed by atoms with van der Waals surface area (Å²) >= 11 is 0. The standard InChI is InChI=1S/C11H12F3N3O.2ClH/c12-11(13,14)7-1-2-9(16-5-7)10(18)17-4-3-8(15)6-17;;/h1-2,5,8H,3-4,6,15H2;2*1H/t8-;;/m1../s1. The van der Waals surface area contributed by atoms with Gasteiger partial charge in [0.25, 0.3) is 5.91 Å². The molecule has 9 heteroatoms. The molecule has 20 heavy (non-hydrogen) atoms. The van der Waals surface area contributed by atoms with Crippen LogP contribution in [0.25, 0.3) is 0 Å². The average Bonchev–Trinajstić information content (AvgIpc) is 2.74. The lowest BCUT2D eigenvalue weighted by molar-refractivity contribution is -0.137. The van der Waals surface area contributed by atoms with Crippen LogP contribution in [0.2, 0.25) is 0 Å². The number of aromatic nitrogens is 1. The van der Waals surface area contributed by atoms with Gasteiger partial charge in [-0.25, -0.2) is 0 Å². The molecule has 4 nitrogen and oxygen atoms in total. The van der Waals surface area contributed by atoms with Crippen LogP contribution in [0.4, 0.5) is 13.2 Å². The summed E-state index contributed by atoms with van der Waals surface area (Å²) in [7, 11) is 0. The summed E-state index contributed by atoms with van der Waals surface area (Å²) in [6.07, 6.45) is -3.07. The Morgan fingerprint density at radius 1 is 1.35 bits per heavy atom. The van der Waals surface area contributed by atoms with Gasteiger partial charge in [-0.2, -0.15) is 13.2 Å². The van der Waals surface area contributed by atoms with Crippen molar-refractivity contribution in [2.45, 2.75) is 18.6 Å². The third kappa shape index (κ3) is 4.22. The molecule has 2 heterocycles. The predicted octanol–water partition coefficient (Wildman–Crippen LogP) is 2.12. The first-order valence-electron chi connectivity index (χ1n) is 5.46. The van der Waals surface area contributed by atoms with Crippen LogP contribution in [0.5, 0.6) is 0 Å². The molecular formula is C11H14Cl2F3N3O. The molecule has 1 fully saturated rings. The molecule has 1 aliphatic heterocycles. The molecule has 1 saturated heterocycles. The molecule has 1 aromatic heterocycles. The lowest BCUT2D eigenvalue weighted by Gasteiger charge is -2.15. The minimum absolute atomic E-state index is 0. The number of halogens is 5. The van der Waals surface area contributed by atoms with Gasteiger partial charge in [0, 0.05) is 25.3 Å². The lowest BCUT2D eigenvalue weighted by Crippen LogP contribution is -2.32. The van der Waals surface area contributed by atoms with Crippen LogP contribution in [0, 0.1) is 0 Å². The number of nitrogens with two attached hydrogens (primary N) is 1. The molecular weight excluding hydrogens is 318 g/mol. The van der Waals surface area contributed by atoms with Crippen LogP contribution in [-0.2, 0) is 6.18 Å². The number of hydrogen-bond acceptors (Lipinski definition) is 3. The quantitative estimate of drug-likeness (QED) is 0.857. The fraction of sp³-hybridized carbons (Fsp3) is 0.455. The van der Waals surface area contributed by atoms with Crippen LogP contribution in [0.1, 0.15) is 22.5 Å². The highest BCUT2D eigenvalue weighted by molar-refractivity contribution is 5.92. The summed E-state index contributed by atoms with van der Waals surface area (Å²) in [4.78, 5) is 16.9. The molecule has 0 aliphatic carbocycles. The number of alkyl halides is 3. The average molecular weight is 332 g/mol. The number of pyridine rings is 1. The number of amides is 1. The highest BCUT2D eigenvalue weighted by Crippen LogP contribution is 2.28. The maximum absolute atomic E-state index is 12.3. The maximum Gasteiger partial charge on any atom is 0.417 e. The van der Waals surface area contributed by atoms with Gasteiger partial charge in [-0.15, -0.1) is 24.8 Å². The Bertz CT molecular complexity index is 453. The number of nitrogens with zero attached hydrogens (tertiary/aromatic N) is 2. The third-order valence-electron chi connectivity index (χ3n) is 2.82. The van der Waals surface area contributed by atoms with Gasteiger partial charge in [0.2, 0.25) is 0 Å². The smallest absolute Gasteiger partial charge is 0.336 e. The zero-order valence-electron chi connectivity index (χ0n) is 10.3. The highest BCUT2D eigenvalue weighted by atomic mass is 35.5. The van der Waals surface area contributed by atoms with E-state index in [4.69, 9.17) is 5.73 Å². The Balaban J connectivity index is 0.00000180. The number of carbonyl (C=O) groups is 1. The Kier molecular flexibility index (Phi) is 6.73. The molecule has 114 valence electrons. The largest absolute Gasteiger partial charge is 0.417 e. The van der Waals surface area contributed by atoms with Gasteiger partial charge >= 0.3 is 6.18 Å². The lowest BCUT2D eigenvalue weighted by atomic mass is 10.2. The molecule has 1 aromatic rings. The molecule has 2 N–H and O–H groups in total. The van der Waals surface area contributed by atoms with Gasteiger partial charge in [-0.1, -0.05) is 0 Å². The van der Waals surface area contributed by atoms with E-state index in [1.807, 2.05) is 0 Å². The summed E-state index contributed by atoms with van der Waals surface area (Å²) < 4.78 is 37.0. The monoisotopic (exact) mass is 331 g/mol. The van der Waals surface area contributed by atoms with E-state index < -0.39 is 11.7 Å². The van der Waals surface area contributed by atoms with E-state index in [0.717, 1.165) is 12.1 Å². The minimum atomic E-state index is -4.44. The number of likely N-dealkylation sites (tertiary alicyclic amines) is 1. The second-order valence-electron chi connectivity index (χ2n) is 4.23. The van der Waals surface area contributed by atoms with Crippen LogP contribution in [0.15, 0.2) is 18.3 Å². The number of carbonyl (C=O) groups excluding carboxylic acids is 1. The Morgan fingerprint density at radius 2 is 2.00 bits per heavy atom. The van der Waals surface area contributed by atoms with Crippen LogP contribution < -0.4 is 5.73 Å². The Morgan fingerprint density at radius 3 is 2.40 bits per heavy atom. The summed E-state index contributed by atoms with van der Waals surface area (Å²) in [6, 6.07) is 1.88. The molecule has 0 saturated carbocycles. The first-order chi connectivity index (χ1) is 8.38. The third-order valence-corrected chi connectivity index (χ3v) is 2.82. The molecule has 1 amide bonds. The van der Waals surface area contributed by atoms with E-state index in [-0.39, 0.29) is 42.5 Å². The van der Waals surface area contributed by atoms with Crippen molar-refractivity contribution in [3.8, 4) is 0 Å². The summed E-state index contributed by atoms with van der Waals surface area (Å²) in [5.74, 6) is -0.378. The van der Waals surface area contributed by atoms with E-state index in [2.05, 4.69) is 4.98 Å². The Labute approximate surface area is 126 Å². The van der Waals surface area contributed by atoms with Crippen molar-refractivity contribution in [3.05, 3.63) is 29.6 Å². The van der Waals surface area contributed by atoms with Gasteiger partial charge in [0.15, 0.2) is 0 Å². The van der Waals surface area contributed by atoms with Crippen LogP contribution >= 0.6 is 24.8 Å². The van der Waals surface area contributed by atoms with Gasteiger partial charge in [0.1, 0.15) is 5.69 Å². The minimum Gasteiger partial charge on any atom is -0.336 e. The van der Waals surface area contributed by atoms with Crippen molar-refractivity contribution >= 4 is 30.7 Å². The number of hydrogen-bond donors (Lipinski definition) is 1. The second-order valence-corrected chi connectivity index (χ2v) is 4.23. The van der Waals surface area contributed by atoms with E-state index in [9.17, 15) is 18.0 Å². The predicted molar refractivity (Wildman–Crippen MR) is 72.2 cm³/mol. The van der Waals surface area contributed by atoms with Crippen molar-refractivity contribution in [3.63, 3.8) is 0 Å². The topological polar surface area (TPSA) is 59.2 Å². The van der Waals surface area contributed by atoms with Crippen molar-refractivity contribution < 1.29 is 18.0 Å². The maximum atomic E-state index is 12.3. The van der Waals surface area contributed by atoms with Gasteiger partial charge in [-0.05, 0) is 18.6 Å². The van der Waals surface area contributed by atoms with Crippen molar-refractivity contribution in [2.75, 3.05) is 13.1 Å². The van der Waals surface area contributed by atoms with Crippen molar-refractivity contribution in [2.24, 2.45) is 5.73 Å². The summed E-state index contributed by atoms with van der Waals surface area (Å²) in [5.41, 5.74) is 4.81. The van der Waals surface area contributed by atoms with E-state index in [1.54, 1.807) is 0 Å². The van der Waals surface area contributed by atoms with E-state index >= 15 is 0 Å². The van der Waals surface area contributed by atoms with Gasteiger partial charge in [-0.3, -0.25) is 9.78 Å². The molecule has 0 unspecified atom stereocenters. The number of rotatable bonds is 1. The highest BCUT2D eigenvalue weighted by Gasteiger charge is 2.31. The fourth-order valence-electron chi connectivity index (χ4n) is 1.82. The van der Waals surface area contributed by atoms with Crippen molar-refractivity contribution in [1.82, 2.24) is 9.88 Å². The van der Waals surface area contributed by atoms with E-state index in [1.165, 1.54) is 4.90 Å². The zero-order valence-corrected chi connectivity index (χ0v) is 11.9. The van der Waals surface area contributed by atoms with Gasteiger partial charge in [0.05, 0.1) is 5.56 Å². The fourth-order valence-corrected chi connectivity index (χ4v) is 1.82.